The van der Waals surface area contributed by atoms with E-state index in [9.17, 15) is 13.2 Å². The van der Waals surface area contributed by atoms with E-state index in [4.69, 9.17) is 4.74 Å². The maximum Gasteiger partial charge on any atom is 0.257 e. The summed E-state index contributed by atoms with van der Waals surface area (Å²) in [7, 11) is -0.557. The summed E-state index contributed by atoms with van der Waals surface area (Å²) >= 11 is 1.23. The Balaban J connectivity index is 1.73. The molecule has 1 N–H and O–H groups in total. The minimum Gasteiger partial charge on any atom is -0.494 e. The van der Waals surface area contributed by atoms with Crippen molar-refractivity contribution < 1.29 is 17.9 Å². The molecule has 29 heavy (non-hydrogen) atoms. The predicted octanol–water partition coefficient (Wildman–Crippen LogP) is 3.98. The number of anilines is 1. The second-order valence-corrected chi connectivity index (χ2v) is 9.80. The van der Waals surface area contributed by atoms with Gasteiger partial charge in [-0.15, -0.1) is 0 Å². The van der Waals surface area contributed by atoms with Crippen molar-refractivity contribution in [2.75, 3.05) is 26.0 Å². The van der Waals surface area contributed by atoms with Gasteiger partial charge in [-0.05, 0) is 48.9 Å². The van der Waals surface area contributed by atoms with Crippen molar-refractivity contribution in [1.29, 1.82) is 0 Å². The lowest BCUT2D eigenvalue weighted by Crippen LogP contribution is -2.22. The predicted molar refractivity (Wildman–Crippen MR) is 115 cm³/mol. The first kappa shape index (κ1) is 21.2. The summed E-state index contributed by atoms with van der Waals surface area (Å²) in [6, 6.07) is 11.7. The SMILES string of the molecule is CCCCOc1ccc(C(=O)Nc2nc3ccc(S(=O)(=O)N(C)C)cc3s2)cc1. The number of fused-ring (bicyclic) bond motifs is 1. The Hall–Kier alpha value is -2.49. The minimum atomic E-state index is -3.52. The van der Waals surface area contributed by atoms with Crippen LogP contribution in [0.5, 0.6) is 5.75 Å². The maximum absolute atomic E-state index is 12.5. The number of hydrogen-bond acceptors (Lipinski definition) is 6. The van der Waals surface area contributed by atoms with Crippen molar-refractivity contribution >= 4 is 42.6 Å². The van der Waals surface area contributed by atoms with Crippen LogP contribution in [0.4, 0.5) is 5.13 Å². The first-order chi connectivity index (χ1) is 13.8. The highest BCUT2D eigenvalue weighted by atomic mass is 32.2. The lowest BCUT2D eigenvalue weighted by atomic mass is 10.2. The van der Waals surface area contributed by atoms with Gasteiger partial charge in [-0.25, -0.2) is 17.7 Å². The standard InChI is InChI=1S/C20H23N3O4S2/c1-4-5-12-27-15-8-6-14(7-9-15)19(24)22-20-21-17-11-10-16(13-18(17)28-20)29(25,26)23(2)3/h6-11,13H,4-5,12H2,1-3H3,(H,21,22,24). The third-order valence-electron chi connectivity index (χ3n) is 4.24. The lowest BCUT2D eigenvalue weighted by molar-refractivity contribution is 0.102. The largest absolute Gasteiger partial charge is 0.494 e. The van der Waals surface area contributed by atoms with Crippen molar-refractivity contribution in [3.8, 4) is 5.75 Å². The molecule has 0 fully saturated rings. The summed E-state index contributed by atoms with van der Waals surface area (Å²) < 4.78 is 32.0. The molecule has 0 aliphatic rings. The molecule has 0 atom stereocenters. The van der Waals surface area contributed by atoms with Gasteiger partial charge >= 0.3 is 0 Å². The summed E-state index contributed by atoms with van der Waals surface area (Å²) in [5, 5.41) is 3.18. The highest BCUT2D eigenvalue weighted by molar-refractivity contribution is 7.89. The molecule has 0 bridgehead atoms. The Morgan fingerprint density at radius 1 is 1.17 bits per heavy atom. The van der Waals surface area contributed by atoms with E-state index >= 15 is 0 Å². The van der Waals surface area contributed by atoms with Crippen LogP contribution >= 0.6 is 11.3 Å². The Bertz CT molecular complexity index is 1110. The van der Waals surface area contributed by atoms with Crippen molar-refractivity contribution in [1.82, 2.24) is 9.29 Å². The van der Waals surface area contributed by atoms with Gasteiger partial charge in [0.15, 0.2) is 5.13 Å². The molecule has 0 saturated carbocycles. The number of nitrogens with one attached hydrogen (secondary N) is 1. The first-order valence-electron chi connectivity index (χ1n) is 9.18. The molecule has 0 aliphatic carbocycles. The summed E-state index contributed by atoms with van der Waals surface area (Å²) in [5.41, 5.74) is 1.12. The van der Waals surface area contributed by atoms with Crippen LogP contribution in [0.2, 0.25) is 0 Å². The van der Waals surface area contributed by atoms with Crippen LogP contribution in [-0.4, -0.2) is 44.3 Å². The molecule has 2 aromatic carbocycles. The zero-order valence-corrected chi connectivity index (χ0v) is 18.1. The van der Waals surface area contributed by atoms with Gasteiger partial charge < -0.3 is 4.74 Å². The maximum atomic E-state index is 12.5. The normalized spacial score (nSPS) is 11.7. The fraction of sp³-hybridized carbons (Fsp3) is 0.300. The third kappa shape index (κ3) is 4.92. The molecular weight excluding hydrogens is 410 g/mol. The van der Waals surface area contributed by atoms with E-state index < -0.39 is 10.0 Å². The number of aromatic nitrogens is 1. The number of rotatable bonds is 8. The molecule has 7 nitrogen and oxygen atoms in total. The van der Waals surface area contributed by atoms with Gasteiger partial charge in [0.2, 0.25) is 10.0 Å². The topological polar surface area (TPSA) is 88.6 Å². The number of carbonyl (C=O) groups is 1. The molecule has 1 amide bonds. The van der Waals surface area contributed by atoms with Crippen LogP contribution in [-0.2, 0) is 10.0 Å². The molecule has 0 radical (unpaired) electrons. The van der Waals surface area contributed by atoms with Gasteiger partial charge in [-0.1, -0.05) is 24.7 Å². The number of thiazole rings is 1. The number of ether oxygens (including phenoxy) is 1. The van der Waals surface area contributed by atoms with Crippen LogP contribution in [0.1, 0.15) is 30.1 Å². The number of benzene rings is 2. The summed E-state index contributed by atoms with van der Waals surface area (Å²) in [5.74, 6) is 0.440. The van der Waals surface area contributed by atoms with E-state index in [0.29, 0.717) is 27.5 Å². The molecule has 154 valence electrons. The van der Waals surface area contributed by atoms with E-state index in [1.807, 2.05) is 0 Å². The Labute approximate surface area is 174 Å². The van der Waals surface area contributed by atoms with E-state index in [1.165, 1.54) is 31.5 Å². The molecule has 9 heteroatoms. The van der Waals surface area contributed by atoms with Crippen LogP contribution in [0.15, 0.2) is 47.4 Å². The van der Waals surface area contributed by atoms with Crippen LogP contribution < -0.4 is 10.1 Å². The highest BCUT2D eigenvalue weighted by Crippen LogP contribution is 2.29. The van der Waals surface area contributed by atoms with E-state index in [-0.39, 0.29) is 10.8 Å². The first-order valence-corrected chi connectivity index (χ1v) is 11.4. The second kappa shape index (κ2) is 8.89. The fourth-order valence-electron chi connectivity index (χ4n) is 2.54. The smallest absolute Gasteiger partial charge is 0.257 e. The van der Waals surface area contributed by atoms with Gasteiger partial charge in [-0.3, -0.25) is 10.1 Å². The monoisotopic (exact) mass is 433 g/mol. The van der Waals surface area contributed by atoms with Gasteiger partial charge in [0.05, 0.1) is 21.7 Å². The molecule has 3 rings (SSSR count). The molecule has 0 aliphatic heterocycles. The number of sulfonamides is 1. The van der Waals surface area contributed by atoms with Crippen molar-refractivity contribution in [3.63, 3.8) is 0 Å². The van der Waals surface area contributed by atoms with Crippen molar-refractivity contribution in [2.24, 2.45) is 0 Å². The Morgan fingerprint density at radius 2 is 1.90 bits per heavy atom. The van der Waals surface area contributed by atoms with Crippen molar-refractivity contribution in [2.45, 2.75) is 24.7 Å². The lowest BCUT2D eigenvalue weighted by Gasteiger charge is -2.10. The third-order valence-corrected chi connectivity index (χ3v) is 6.99. The summed E-state index contributed by atoms with van der Waals surface area (Å²) in [6.07, 6.45) is 2.04. The average molecular weight is 434 g/mol. The molecular formula is C20H23N3O4S2. The van der Waals surface area contributed by atoms with E-state index in [0.717, 1.165) is 22.9 Å². The van der Waals surface area contributed by atoms with Crippen LogP contribution in [0, 0.1) is 0 Å². The fourth-order valence-corrected chi connectivity index (χ4v) is 4.44. The van der Waals surface area contributed by atoms with Gasteiger partial charge in [0.25, 0.3) is 5.91 Å². The van der Waals surface area contributed by atoms with Crippen LogP contribution in [0.25, 0.3) is 10.2 Å². The molecule has 1 aromatic heterocycles. The highest BCUT2D eigenvalue weighted by Gasteiger charge is 2.18. The zero-order chi connectivity index (χ0) is 21.0. The Kier molecular flexibility index (Phi) is 6.51. The molecule has 0 saturated heterocycles. The zero-order valence-electron chi connectivity index (χ0n) is 16.5. The number of amides is 1. The average Bonchev–Trinajstić information content (AvgIpc) is 3.10. The molecule has 0 spiro atoms. The molecule has 3 aromatic rings. The van der Waals surface area contributed by atoms with E-state index in [1.54, 1.807) is 36.4 Å². The number of hydrogen-bond donors (Lipinski definition) is 1. The molecule has 0 unspecified atom stereocenters. The number of unbranched alkanes of at least 4 members (excludes halogenated alkanes) is 1. The van der Waals surface area contributed by atoms with Crippen molar-refractivity contribution in [3.05, 3.63) is 48.0 Å². The minimum absolute atomic E-state index is 0.190. The van der Waals surface area contributed by atoms with E-state index in [2.05, 4.69) is 17.2 Å². The summed E-state index contributed by atoms with van der Waals surface area (Å²) in [6.45, 7) is 2.75. The number of carbonyl (C=O) groups excluding carboxylic acids is 1. The summed E-state index contributed by atoms with van der Waals surface area (Å²) in [4.78, 5) is 17.0. The number of nitrogens with zero attached hydrogens (tertiary/aromatic N) is 2. The Morgan fingerprint density at radius 3 is 2.55 bits per heavy atom. The van der Waals surface area contributed by atoms with Gasteiger partial charge in [-0.2, -0.15) is 0 Å². The second-order valence-electron chi connectivity index (χ2n) is 6.62. The molecule has 1 heterocycles. The quantitative estimate of drug-likeness (QED) is 0.543. The van der Waals surface area contributed by atoms with Gasteiger partial charge in [0, 0.05) is 19.7 Å². The van der Waals surface area contributed by atoms with Crippen LogP contribution in [0.3, 0.4) is 0 Å². The van der Waals surface area contributed by atoms with Gasteiger partial charge in [0.1, 0.15) is 5.75 Å².